The van der Waals surface area contributed by atoms with Gasteiger partial charge in [0, 0.05) is 0 Å². The molecule has 6 heteroatoms. The van der Waals surface area contributed by atoms with Crippen molar-refractivity contribution in [3.8, 4) is 0 Å². The third-order valence-electron chi connectivity index (χ3n) is 1.71. The predicted octanol–water partition coefficient (Wildman–Crippen LogP) is 0.894. The van der Waals surface area contributed by atoms with Crippen LogP contribution in [-0.4, -0.2) is 29.3 Å². The Morgan fingerprint density at radius 2 is 2.13 bits per heavy atom. The quantitative estimate of drug-likeness (QED) is 0.282. The van der Waals surface area contributed by atoms with Crippen molar-refractivity contribution >= 4 is 11.9 Å². The molecular formula is C9H19N3O3. The summed E-state index contributed by atoms with van der Waals surface area (Å²) in [5.41, 5.74) is 4.46. The summed E-state index contributed by atoms with van der Waals surface area (Å²) >= 11 is 0. The van der Waals surface area contributed by atoms with Crippen LogP contribution in [0.5, 0.6) is 0 Å². The number of rotatable bonds is 4. The Bertz CT molecular complexity index is 249. The average molecular weight is 217 g/mol. The molecule has 0 saturated carbocycles. The van der Waals surface area contributed by atoms with Crippen molar-refractivity contribution < 1.29 is 14.7 Å². The first-order valence-corrected chi connectivity index (χ1v) is 4.72. The van der Waals surface area contributed by atoms with Gasteiger partial charge in [0.25, 0.3) is 0 Å². The lowest BCUT2D eigenvalue weighted by molar-refractivity contribution is 0.128. The highest BCUT2D eigenvalue weighted by Gasteiger charge is 2.26. The first-order valence-electron chi connectivity index (χ1n) is 4.72. The van der Waals surface area contributed by atoms with E-state index in [9.17, 15) is 4.79 Å². The Morgan fingerprint density at radius 3 is 2.53 bits per heavy atom. The van der Waals surface area contributed by atoms with E-state index in [0.29, 0.717) is 6.61 Å². The molecule has 6 nitrogen and oxygen atoms in total. The van der Waals surface area contributed by atoms with E-state index < -0.39 is 11.6 Å². The van der Waals surface area contributed by atoms with Gasteiger partial charge in [-0.05, 0) is 19.8 Å². The summed E-state index contributed by atoms with van der Waals surface area (Å²) in [7, 11) is 0. The Morgan fingerprint density at radius 1 is 1.60 bits per heavy atom. The van der Waals surface area contributed by atoms with Crippen molar-refractivity contribution in [1.29, 1.82) is 0 Å². The summed E-state index contributed by atoms with van der Waals surface area (Å²) in [6.07, 6.45) is -0.583. The molecule has 0 rings (SSSR count). The predicted molar refractivity (Wildman–Crippen MR) is 56.8 cm³/mol. The van der Waals surface area contributed by atoms with Crippen LogP contribution in [0.15, 0.2) is 5.16 Å². The Hall–Kier alpha value is -1.46. The van der Waals surface area contributed by atoms with Gasteiger partial charge in [0.05, 0.1) is 12.1 Å². The van der Waals surface area contributed by atoms with Crippen LogP contribution in [0.25, 0.3) is 0 Å². The highest BCUT2D eigenvalue weighted by molar-refractivity contribution is 5.91. The van der Waals surface area contributed by atoms with Gasteiger partial charge in [-0.15, -0.1) is 0 Å². The molecule has 0 aliphatic rings. The van der Waals surface area contributed by atoms with Crippen LogP contribution in [0, 0.1) is 5.92 Å². The van der Waals surface area contributed by atoms with Crippen molar-refractivity contribution in [2.75, 3.05) is 6.61 Å². The first-order chi connectivity index (χ1) is 6.79. The summed E-state index contributed by atoms with van der Waals surface area (Å²) < 4.78 is 4.89. The van der Waals surface area contributed by atoms with Gasteiger partial charge in [-0.3, -0.25) is 0 Å². The number of oxime groups is 1. The summed E-state index contributed by atoms with van der Waals surface area (Å²) in [4.78, 5) is 11.3. The molecule has 0 bridgehead atoms. The Balaban J connectivity index is 4.17. The van der Waals surface area contributed by atoms with E-state index in [1.807, 2.05) is 13.8 Å². The fourth-order valence-corrected chi connectivity index (χ4v) is 0.723. The van der Waals surface area contributed by atoms with Crippen LogP contribution in [0.3, 0.4) is 0 Å². The molecule has 0 saturated heterocycles. The third kappa shape index (κ3) is 5.09. The van der Waals surface area contributed by atoms with Gasteiger partial charge in [-0.25, -0.2) is 4.79 Å². The van der Waals surface area contributed by atoms with E-state index in [-0.39, 0.29) is 11.8 Å². The van der Waals surface area contributed by atoms with E-state index >= 15 is 0 Å². The van der Waals surface area contributed by atoms with Gasteiger partial charge >= 0.3 is 6.09 Å². The second-order valence-electron chi connectivity index (χ2n) is 4.23. The normalized spacial score (nSPS) is 12.7. The average Bonchev–Trinajstić information content (AvgIpc) is 2.12. The first kappa shape index (κ1) is 13.5. The van der Waals surface area contributed by atoms with E-state index in [1.54, 1.807) is 13.8 Å². The molecule has 0 radical (unpaired) electrons. The second kappa shape index (κ2) is 5.43. The molecule has 0 fully saturated rings. The van der Waals surface area contributed by atoms with Crippen LogP contribution in [0.4, 0.5) is 4.79 Å². The lowest BCUT2D eigenvalue weighted by atomic mass is 10.1. The highest BCUT2D eigenvalue weighted by atomic mass is 16.5. The molecule has 1 amide bonds. The SMILES string of the molecule is CC(C)COC(=O)NC(C)(C)/C(N)=N/O. The number of ether oxygens (including phenoxy) is 1. The maximum atomic E-state index is 11.3. The minimum atomic E-state index is -0.928. The van der Waals surface area contributed by atoms with Crippen molar-refractivity contribution in [3.05, 3.63) is 0 Å². The number of carbonyl (C=O) groups is 1. The molecule has 4 N–H and O–H groups in total. The van der Waals surface area contributed by atoms with Crippen LogP contribution in [0.1, 0.15) is 27.7 Å². The van der Waals surface area contributed by atoms with Crippen molar-refractivity contribution in [2.24, 2.45) is 16.8 Å². The zero-order valence-corrected chi connectivity index (χ0v) is 9.57. The molecule has 88 valence electrons. The molecule has 0 unspecified atom stereocenters. The minimum Gasteiger partial charge on any atom is -0.449 e. The number of hydrogen-bond donors (Lipinski definition) is 3. The number of amides is 1. The van der Waals surface area contributed by atoms with Gasteiger partial charge in [0.1, 0.15) is 0 Å². The zero-order valence-electron chi connectivity index (χ0n) is 9.57. The van der Waals surface area contributed by atoms with Gasteiger partial charge in [-0.1, -0.05) is 19.0 Å². The van der Waals surface area contributed by atoms with Crippen molar-refractivity contribution in [3.63, 3.8) is 0 Å². The topological polar surface area (TPSA) is 96.9 Å². The monoisotopic (exact) mass is 217 g/mol. The van der Waals surface area contributed by atoms with E-state index in [2.05, 4.69) is 10.5 Å². The highest BCUT2D eigenvalue weighted by Crippen LogP contribution is 2.03. The molecule has 0 atom stereocenters. The molecule has 0 spiro atoms. The molecule has 0 aromatic rings. The number of nitrogens with zero attached hydrogens (tertiary/aromatic N) is 1. The van der Waals surface area contributed by atoms with Gasteiger partial charge in [-0.2, -0.15) is 0 Å². The summed E-state index contributed by atoms with van der Waals surface area (Å²) in [5, 5.41) is 13.8. The summed E-state index contributed by atoms with van der Waals surface area (Å²) in [6, 6.07) is 0. The largest absolute Gasteiger partial charge is 0.449 e. The number of nitrogens with one attached hydrogen (secondary N) is 1. The van der Waals surface area contributed by atoms with Gasteiger partial charge in [0.2, 0.25) is 0 Å². The molecule has 0 aromatic heterocycles. The van der Waals surface area contributed by atoms with Crippen molar-refractivity contribution in [1.82, 2.24) is 5.32 Å². The number of alkyl carbamates (subject to hydrolysis) is 1. The van der Waals surface area contributed by atoms with Crippen LogP contribution < -0.4 is 11.1 Å². The molecular weight excluding hydrogens is 198 g/mol. The molecule has 0 heterocycles. The van der Waals surface area contributed by atoms with E-state index in [0.717, 1.165) is 0 Å². The molecule has 15 heavy (non-hydrogen) atoms. The summed E-state index contributed by atoms with van der Waals surface area (Å²) in [6.45, 7) is 7.42. The van der Waals surface area contributed by atoms with E-state index in [1.165, 1.54) is 0 Å². The fourth-order valence-electron chi connectivity index (χ4n) is 0.723. The number of nitrogens with two attached hydrogens (primary N) is 1. The molecule has 0 aliphatic carbocycles. The van der Waals surface area contributed by atoms with Gasteiger partial charge in [0.15, 0.2) is 5.84 Å². The van der Waals surface area contributed by atoms with E-state index in [4.69, 9.17) is 15.7 Å². The van der Waals surface area contributed by atoms with Gasteiger partial charge < -0.3 is 21.0 Å². The number of carbonyl (C=O) groups excluding carboxylic acids is 1. The standard InChI is InChI=1S/C9H19N3O3/c1-6(2)5-15-8(13)11-9(3,4)7(10)12-14/h6,14H,5H2,1-4H3,(H2,10,12)(H,11,13). The molecule has 0 aromatic carbocycles. The second-order valence-corrected chi connectivity index (χ2v) is 4.23. The fraction of sp³-hybridized carbons (Fsp3) is 0.778. The van der Waals surface area contributed by atoms with Crippen LogP contribution in [-0.2, 0) is 4.74 Å². The number of hydrogen-bond acceptors (Lipinski definition) is 4. The smallest absolute Gasteiger partial charge is 0.407 e. The van der Waals surface area contributed by atoms with Crippen LogP contribution in [0.2, 0.25) is 0 Å². The third-order valence-corrected chi connectivity index (χ3v) is 1.71. The van der Waals surface area contributed by atoms with Crippen molar-refractivity contribution in [2.45, 2.75) is 33.2 Å². The Kier molecular flexibility index (Phi) is 4.90. The minimum absolute atomic E-state index is 0.0796. The maximum Gasteiger partial charge on any atom is 0.407 e. The lowest BCUT2D eigenvalue weighted by Crippen LogP contribution is -2.53. The maximum absolute atomic E-state index is 11.3. The number of amidine groups is 1. The van der Waals surface area contributed by atoms with Crippen LogP contribution >= 0.6 is 0 Å². The molecule has 0 aliphatic heterocycles. The Labute approximate surface area is 89.5 Å². The summed E-state index contributed by atoms with van der Waals surface area (Å²) in [5.74, 6) is 0.187. The lowest BCUT2D eigenvalue weighted by Gasteiger charge is -2.24. The zero-order chi connectivity index (χ0) is 12.1.